The van der Waals surface area contributed by atoms with Crippen LogP contribution in [0.5, 0.6) is 0 Å². The van der Waals surface area contributed by atoms with Gasteiger partial charge in [0, 0.05) is 19.7 Å². The maximum Gasteiger partial charge on any atom is 0.172 e. The van der Waals surface area contributed by atoms with E-state index in [0.717, 1.165) is 19.4 Å². The SMILES string of the molecule is CO[C@H]1O[C@H](CN(C)[C@H](C)c2ccccc2)CC[C@H]1N. The number of benzene rings is 1. The highest BCUT2D eigenvalue weighted by Gasteiger charge is 2.30. The standard InChI is InChI=1S/C16H26N2O2/c1-12(13-7-5-4-6-8-13)18(2)11-14-9-10-15(17)16(19-3)20-14/h4-8,12,14-16H,9-11,17H2,1-3H3/t12-,14+,15-,16+/m1/s1. The van der Waals surface area contributed by atoms with Gasteiger partial charge in [-0.2, -0.15) is 0 Å². The average molecular weight is 278 g/mol. The second kappa shape index (κ2) is 7.18. The second-order valence-corrected chi connectivity index (χ2v) is 5.63. The molecule has 0 amide bonds. The number of ether oxygens (including phenoxy) is 2. The summed E-state index contributed by atoms with van der Waals surface area (Å²) in [5.41, 5.74) is 7.29. The van der Waals surface area contributed by atoms with Crippen LogP contribution in [-0.2, 0) is 9.47 Å². The molecule has 4 atom stereocenters. The van der Waals surface area contributed by atoms with Crippen molar-refractivity contribution >= 4 is 0 Å². The van der Waals surface area contributed by atoms with Gasteiger partial charge in [-0.3, -0.25) is 4.90 Å². The highest BCUT2D eigenvalue weighted by molar-refractivity contribution is 5.18. The smallest absolute Gasteiger partial charge is 0.172 e. The van der Waals surface area contributed by atoms with Crippen LogP contribution in [-0.4, -0.2) is 44.0 Å². The molecule has 1 aromatic rings. The molecule has 2 rings (SSSR count). The molecule has 0 radical (unpaired) electrons. The van der Waals surface area contributed by atoms with E-state index in [1.807, 2.05) is 6.07 Å². The number of nitrogens with two attached hydrogens (primary N) is 1. The molecule has 1 heterocycles. The Morgan fingerprint density at radius 3 is 2.70 bits per heavy atom. The van der Waals surface area contributed by atoms with Gasteiger partial charge in [0.15, 0.2) is 6.29 Å². The van der Waals surface area contributed by atoms with Gasteiger partial charge in [-0.25, -0.2) is 0 Å². The summed E-state index contributed by atoms with van der Waals surface area (Å²) in [5, 5.41) is 0. The lowest BCUT2D eigenvalue weighted by molar-refractivity contribution is -0.193. The van der Waals surface area contributed by atoms with Crippen LogP contribution < -0.4 is 5.73 Å². The number of rotatable bonds is 5. The molecule has 0 bridgehead atoms. The van der Waals surface area contributed by atoms with Crippen molar-refractivity contribution in [1.82, 2.24) is 4.90 Å². The Morgan fingerprint density at radius 1 is 1.35 bits per heavy atom. The van der Waals surface area contributed by atoms with E-state index in [9.17, 15) is 0 Å². The first kappa shape index (κ1) is 15.4. The van der Waals surface area contributed by atoms with Crippen LogP contribution >= 0.6 is 0 Å². The third-order valence-corrected chi connectivity index (χ3v) is 4.17. The monoisotopic (exact) mass is 278 g/mol. The first-order valence-electron chi connectivity index (χ1n) is 7.31. The van der Waals surface area contributed by atoms with Crippen LogP contribution in [0.15, 0.2) is 30.3 Å². The Balaban J connectivity index is 1.89. The molecule has 112 valence electrons. The molecule has 0 aliphatic carbocycles. The minimum atomic E-state index is -0.269. The van der Waals surface area contributed by atoms with Crippen molar-refractivity contribution in [2.24, 2.45) is 5.73 Å². The molecule has 0 unspecified atom stereocenters. The Bertz CT molecular complexity index is 399. The number of hydrogen-bond donors (Lipinski definition) is 1. The normalized spacial score (nSPS) is 28.6. The Morgan fingerprint density at radius 2 is 2.05 bits per heavy atom. The summed E-state index contributed by atoms with van der Waals surface area (Å²) >= 11 is 0. The fourth-order valence-electron chi connectivity index (χ4n) is 2.70. The van der Waals surface area contributed by atoms with E-state index in [4.69, 9.17) is 15.2 Å². The minimum Gasteiger partial charge on any atom is -0.354 e. The molecule has 1 fully saturated rings. The van der Waals surface area contributed by atoms with Gasteiger partial charge >= 0.3 is 0 Å². The molecule has 4 heteroatoms. The van der Waals surface area contributed by atoms with Crippen molar-refractivity contribution in [2.45, 2.75) is 44.2 Å². The Kier molecular flexibility index (Phi) is 5.54. The number of likely N-dealkylation sites (N-methyl/N-ethyl adjacent to an activating group) is 1. The largest absolute Gasteiger partial charge is 0.354 e. The van der Waals surface area contributed by atoms with Gasteiger partial charge in [0.05, 0.1) is 12.1 Å². The van der Waals surface area contributed by atoms with E-state index in [1.54, 1.807) is 7.11 Å². The second-order valence-electron chi connectivity index (χ2n) is 5.63. The van der Waals surface area contributed by atoms with E-state index in [2.05, 4.69) is 43.1 Å². The van der Waals surface area contributed by atoms with Gasteiger partial charge in [-0.05, 0) is 32.4 Å². The Hall–Kier alpha value is -0.940. The van der Waals surface area contributed by atoms with E-state index in [-0.39, 0.29) is 18.4 Å². The zero-order valence-corrected chi connectivity index (χ0v) is 12.7. The molecule has 0 aromatic heterocycles. The number of nitrogens with zero attached hydrogens (tertiary/aromatic N) is 1. The van der Waals surface area contributed by atoms with E-state index >= 15 is 0 Å². The zero-order valence-electron chi connectivity index (χ0n) is 12.7. The summed E-state index contributed by atoms with van der Waals surface area (Å²) in [6.45, 7) is 3.11. The van der Waals surface area contributed by atoms with Crippen LogP contribution in [0.25, 0.3) is 0 Å². The minimum absolute atomic E-state index is 0.00639. The van der Waals surface area contributed by atoms with Crippen LogP contribution in [0.4, 0.5) is 0 Å². The number of hydrogen-bond acceptors (Lipinski definition) is 4. The predicted molar refractivity (Wildman–Crippen MR) is 80.4 cm³/mol. The molecule has 1 aliphatic heterocycles. The third kappa shape index (κ3) is 3.79. The molecule has 20 heavy (non-hydrogen) atoms. The summed E-state index contributed by atoms with van der Waals surface area (Å²) in [5.74, 6) is 0. The van der Waals surface area contributed by atoms with Crippen LogP contribution in [0.3, 0.4) is 0 Å². The van der Waals surface area contributed by atoms with E-state index < -0.39 is 0 Å². The summed E-state index contributed by atoms with van der Waals surface area (Å²) < 4.78 is 11.2. The zero-order chi connectivity index (χ0) is 14.5. The summed E-state index contributed by atoms with van der Waals surface area (Å²) in [6.07, 6.45) is 1.87. The van der Waals surface area contributed by atoms with Crippen molar-refractivity contribution < 1.29 is 9.47 Å². The van der Waals surface area contributed by atoms with Gasteiger partial charge in [-0.15, -0.1) is 0 Å². The van der Waals surface area contributed by atoms with Gasteiger partial charge in [0.2, 0.25) is 0 Å². The summed E-state index contributed by atoms with van der Waals surface area (Å²) in [6, 6.07) is 10.9. The van der Waals surface area contributed by atoms with Crippen molar-refractivity contribution in [2.75, 3.05) is 20.7 Å². The van der Waals surface area contributed by atoms with Crippen LogP contribution in [0.2, 0.25) is 0 Å². The van der Waals surface area contributed by atoms with Crippen LogP contribution in [0, 0.1) is 0 Å². The van der Waals surface area contributed by atoms with Gasteiger partial charge in [0.1, 0.15) is 0 Å². The van der Waals surface area contributed by atoms with Crippen molar-refractivity contribution in [3.63, 3.8) is 0 Å². The molecule has 0 saturated carbocycles. The number of methoxy groups -OCH3 is 1. The fourth-order valence-corrected chi connectivity index (χ4v) is 2.70. The molecular formula is C16H26N2O2. The molecule has 0 spiro atoms. The lowest BCUT2D eigenvalue weighted by Crippen LogP contribution is -2.48. The lowest BCUT2D eigenvalue weighted by Gasteiger charge is -2.36. The Labute approximate surface area is 121 Å². The highest BCUT2D eigenvalue weighted by Crippen LogP contribution is 2.23. The maximum absolute atomic E-state index is 5.97. The fraction of sp³-hybridized carbons (Fsp3) is 0.625. The van der Waals surface area contributed by atoms with Crippen molar-refractivity contribution in [3.05, 3.63) is 35.9 Å². The summed E-state index contributed by atoms with van der Waals surface area (Å²) in [7, 11) is 3.79. The average Bonchev–Trinajstić information content (AvgIpc) is 2.49. The molecule has 4 nitrogen and oxygen atoms in total. The molecule has 2 N–H and O–H groups in total. The summed E-state index contributed by atoms with van der Waals surface area (Å²) in [4.78, 5) is 2.32. The molecule has 1 saturated heterocycles. The van der Waals surface area contributed by atoms with Gasteiger partial charge in [0.25, 0.3) is 0 Å². The molecular weight excluding hydrogens is 252 g/mol. The highest BCUT2D eigenvalue weighted by atomic mass is 16.7. The third-order valence-electron chi connectivity index (χ3n) is 4.17. The van der Waals surface area contributed by atoms with Gasteiger partial charge in [-0.1, -0.05) is 30.3 Å². The molecule has 1 aliphatic rings. The first-order chi connectivity index (χ1) is 9.61. The first-order valence-corrected chi connectivity index (χ1v) is 7.31. The molecule has 1 aromatic carbocycles. The quantitative estimate of drug-likeness (QED) is 0.896. The van der Waals surface area contributed by atoms with E-state index in [0.29, 0.717) is 6.04 Å². The topological polar surface area (TPSA) is 47.7 Å². The predicted octanol–water partition coefficient (Wildman–Crippen LogP) is 2.16. The lowest BCUT2D eigenvalue weighted by atomic mass is 10.0. The van der Waals surface area contributed by atoms with Gasteiger partial charge < -0.3 is 15.2 Å². The van der Waals surface area contributed by atoms with Crippen molar-refractivity contribution in [3.8, 4) is 0 Å². The van der Waals surface area contributed by atoms with E-state index in [1.165, 1.54) is 5.56 Å². The van der Waals surface area contributed by atoms with Crippen molar-refractivity contribution in [1.29, 1.82) is 0 Å². The van der Waals surface area contributed by atoms with Crippen LogP contribution in [0.1, 0.15) is 31.4 Å². The maximum atomic E-state index is 5.97.